The fraction of sp³-hybridized carbons (Fsp3) is 0. The van der Waals surface area contributed by atoms with E-state index in [4.69, 9.17) is 5.84 Å². The monoisotopic (exact) mass is 188 g/mol. The summed E-state index contributed by atoms with van der Waals surface area (Å²) in [5.74, 6) is 5.36. The van der Waals surface area contributed by atoms with Crippen molar-refractivity contribution in [3.8, 4) is 11.3 Å². The van der Waals surface area contributed by atoms with Crippen LogP contribution in [0.25, 0.3) is 11.3 Å². The summed E-state index contributed by atoms with van der Waals surface area (Å²) < 4.78 is 0.912. The maximum absolute atomic E-state index is 10.9. The molecule has 14 heavy (non-hydrogen) atoms. The maximum atomic E-state index is 10.9. The Balaban J connectivity index is 2.54. The highest BCUT2D eigenvalue weighted by Crippen LogP contribution is 2.12. The zero-order valence-corrected chi connectivity index (χ0v) is 7.29. The summed E-state index contributed by atoms with van der Waals surface area (Å²) in [4.78, 5) is 10.9. The second-order valence-electron chi connectivity index (χ2n) is 2.77. The Morgan fingerprint density at radius 1 is 1.14 bits per heavy atom. The Bertz CT molecular complexity index is 492. The summed E-state index contributed by atoms with van der Waals surface area (Å²) in [6.45, 7) is 0. The van der Waals surface area contributed by atoms with Gasteiger partial charge in [0, 0.05) is 5.56 Å². The molecule has 0 spiro atoms. The van der Waals surface area contributed by atoms with E-state index < -0.39 is 5.69 Å². The van der Waals surface area contributed by atoms with Crippen LogP contribution < -0.4 is 11.5 Å². The van der Waals surface area contributed by atoms with E-state index in [2.05, 4.69) is 10.2 Å². The minimum Gasteiger partial charge on any atom is -0.335 e. The molecule has 0 aliphatic heterocycles. The lowest BCUT2D eigenvalue weighted by Crippen LogP contribution is -2.29. The van der Waals surface area contributed by atoms with E-state index in [1.54, 1.807) is 0 Å². The van der Waals surface area contributed by atoms with Crippen LogP contribution in [0.1, 0.15) is 0 Å². The first kappa shape index (κ1) is 8.43. The molecular formula is C9H8N4O. The summed E-state index contributed by atoms with van der Waals surface area (Å²) >= 11 is 0. The van der Waals surface area contributed by atoms with Crippen molar-refractivity contribution in [1.82, 2.24) is 14.9 Å². The lowest BCUT2D eigenvalue weighted by atomic mass is 10.2. The molecule has 0 bridgehead atoms. The number of hydrogen-bond acceptors (Lipinski definition) is 4. The van der Waals surface area contributed by atoms with Gasteiger partial charge in [0.2, 0.25) is 0 Å². The molecule has 0 saturated carbocycles. The minimum absolute atomic E-state index is 0.565. The van der Waals surface area contributed by atoms with E-state index in [-0.39, 0.29) is 0 Å². The molecule has 0 amide bonds. The molecule has 2 aromatic rings. The third-order valence-corrected chi connectivity index (χ3v) is 1.80. The third kappa shape index (κ3) is 1.47. The van der Waals surface area contributed by atoms with Gasteiger partial charge in [-0.2, -0.15) is 0 Å². The summed E-state index contributed by atoms with van der Waals surface area (Å²) in [5, 5.41) is 7.13. The number of hydrogen-bond donors (Lipinski definition) is 1. The molecule has 0 atom stereocenters. The molecule has 2 rings (SSSR count). The Labute approximate surface area is 79.8 Å². The average Bonchev–Trinajstić information content (AvgIpc) is 2.23. The van der Waals surface area contributed by atoms with Crippen molar-refractivity contribution in [2.45, 2.75) is 0 Å². The van der Waals surface area contributed by atoms with Crippen LogP contribution in [-0.4, -0.2) is 14.9 Å². The van der Waals surface area contributed by atoms with Gasteiger partial charge < -0.3 is 5.84 Å². The second-order valence-corrected chi connectivity index (χ2v) is 2.77. The number of rotatable bonds is 1. The van der Waals surface area contributed by atoms with E-state index in [1.165, 1.54) is 6.20 Å². The van der Waals surface area contributed by atoms with Gasteiger partial charge in [0.15, 0.2) is 0 Å². The lowest BCUT2D eigenvalue weighted by Gasteiger charge is -2.00. The topological polar surface area (TPSA) is 73.8 Å². The number of nitrogens with two attached hydrogens (primary N) is 1. The van der Waals surface area contributed by atoms with Crippen LogP contribution in [-0.2, 0) is 0 Å². The quantitative estimate of drug-likeness (QED) is 0.640. The van der Waals surface area contributed by atoms with Gasteiger partial charge in [0.1, 0.15) is 5.69 Å². The Morgan fingerprint density at radius 3 is 2.50 bits per heavy atom. The van der Waals surface area contributed by atoms with Gasteiger partial charge in [-0.1, -0.05) is 35.4 Å². The van der Waals surface area contributed by atoms with Gasteiger partial charge in [-0.25, -0.2) is 9.47 Å². The van der Waals surface area contributed by atoms with Gasteiger partial charge in [-0.3, -0.25) is 0 Å². The highest BCUT2D eigenvalue weighted by Gasteiger charge is 2.00. The molecule has 2 N–H and O–H groups in total. The van der Waals surface area contributed by atoms with E-state index in [9.17, 15) is 4.79 Å². The standard InChI is InChI=1S/C9H8N4O/c10-13-6-8(11-12-9(13)14)7-4-2-1-3-5-7/h1-6H,10H2. The number of nitrogen functional groups attached to an aromatic ring is 1. The van der Waals surface area contributed by atoms with Gasteiger partial charge in [0.05, 0.1) is 6.20 Å². The molecule has 0 saturated heterocycles. The van der Waals surface area contributed by atoms with Crippen molar-refractivity contribution >= 4 is 0 Å². The van der Waals surface area contributed by atoms with Crippen LogP contribution in [0.2, 0.25) is 0 Å². The molecule has 0 aliphatic rings. The summed E-state index contributed by atoms with van der Waals surface area (Å²) in [6, 6.07) is 9.39. The molecule has 0 unspecified atom stereocenters. The fourth-order valence-corrected chi connectivity index (χ4v) is 1.10. The maximum Gasteiger partial charge on any atom is 0.384 e. The molecule has 70 valence electrons. The van der Waals surface area contributed by atoms with Gasteiger partial charge in [0.25, 0.3) is 0 Å². The molecule has 5 heteroatoms. The Morgan fingerprint density at radius 2 is 1.86 bits per heavy atom. The number of benzene rings is 1. The van der Waals surface area contributed by atoms with Crippen molar-refractivity contribution in [3.63, 3.8) is 0 Å². The highest BCUT2D eigenvalue weighted by molar-refractivity contribution is 5.56. The number of nitrogens with zero attached hydrogens (tertiary/aromatic N) is 3. The molecule has 1 heterocycles. The zero-order valence-electron chi connectivity index (χ0n) is 7.29. The highest BCUT2D eigenvalue weighted by atomic mass is 16.2. The van der Waals surface area contributed by atoms with E-state index in [1.807, 2.05) is 30.3 Å². The Kier molecular flexibility index (Phi) is 1.98. The van der Waals surface area contributed by atoms with E-state index in [0.717, 1.165) is 10.2 Å². The van der Waals surface area contributed by atoms with Crippen molar-refractivity contribution in [2.75, 3.05) is 5.84 Å². The van der Waals surface area contributed by atoms with Crippen LogP contribution in [0.4, 0.5) is 0 Å². The van der Waals surface area contributed by atoms with Gasteiger partial charge >= 0.3 is 5.69 Å². The Hall–Kier alpha value is -2.17. The zero-order chi connectivity index (χ0) is 9.97. The molecule has 1 aromatic carbocycles. The van der Waals surface area contributed by atoms with Crippen molar-refractivity contribution < 1.29 is 0 Å². The van der Waals surface area contributed by atoms with E-state index in [0.29, 0.717) is 5.69 Å². The number of aromatic nitrogens is 3. The van der Waals surface area contributed by atoms with Crippen LogP contribution in [0, 0.1) is 0 Å². The van der Waals surface area contributed by atoms with Crippen molar-refractivity contribution in [1.29, 1.82) is 0 Å². The lowest BCUT2D eigenvalue weighted by molar-refractivity contribution is 0.805. The van der Waals surface area contributed by atoms with Crippen molar-refractivity contribution in [3.05, 3.63) is 47.0 Å². The summed E-state index contributed by atoms with van der Waals surface area (Å²) in [7, 11) is 0. The van der Waals surface area contributed by atoms with Gasteiger partial charge in [-0.15, -0.1) is 5.10 Å². The normalized spacial score (nSPS) is 10.0. The second kappa shape index (κ2) is 3.29. The molecule has 1 aromatic heterocycles. The van der Waals surface area contributed by atoms with Gasteiger partial charge in [-0.05, 0) is 0 Å². The largest absolute Gasteiger partial charge is 0.384 e. The first-order valence-corrected chi connectivity index (χ1v) is 4.04. The fourth-order valence-electron chi connectivity index (χ4n) is 1.10. The molecular weight excluding hydrogens is 180 g/mol. The summed E-state index contributed by atoms with van der Waals surface area (Å²) in [6.07, 6.45) is 1.45. The third-order valence-electron chi connectivity index (χ3n) is 1.80. The minimum atomic E-state index is -0.565. The SMILES string of the molecule is Nn1cc(-c2ccccc2)nnc1=O. The van der Waals surface area contributed by atoms with Crippen molar-refractivity contribution in [2.24, 2.45) is 0 Å². The molecule has 0 radical (unpaired) electrons. The predicted octanol–water partition coefficient (Wildman–Crippen LogP) is 0.0191. The molecule has 0 aliphatic carbocycles. The first-order valence-electron chi connectivity index (χ1n) is 4.04. The molecule has 5 nitrogen and oxygen atoms in total. The molecule has 0 fully saturated rings. The van der Waals surface area contributed by atoms with Crippen LogP contribution in [0.5, 0.6) is 0 Å². The average molecular weight is 188 g/mol. The van der Waals surface area contributed by atoms with Crippen LogP contribution >= 0.6 is 0 Å². The van der Waals surface area contributed by atoms with Crippen LogP contribution in [0.3, 0.4) is 0 Å². The first-order chi connectivity index (χ1) is 6.77. The smallest absolute Gasteiger partial charge is 0.335 e. The predicted molar refractivity (Wildman–Crippen MR) is 51.9 cm³/mol. The van der Waals surface area contributed by atoms with E-state index >= 15 is 0 Å². The summed E-state index contributed by atoms with van der Waals surface area (Å²) in [5.41, 5.74) is 0.886. The van der Waals surface area contributed by atoms with Crippen LogP contribution in [0.15, 0.2) is 41.3 Å².